The van der Waals surface area contributed by atoms with Crippen LogP contribution in [0.3, 0.4) is 0 Å². The lowest BCUT2D eigenvalue weighted by molar-refractivity contribution is 0.927. The van der Waals surface area contributed by atoms with E-state index < -0.39 is 0 Å². The number of para-hydroxylation sites is 1. The number of rotatable bonds is 3. The van der Waals surface area contributed by atoms with Gasteiger partial charge >= 0.3 is 0 Å². The molecule has 3 nitrogen and oxygen atoms in total. The normalized spacial score (nSPS) is 11.2. The summed E-state index contributed by atoms with van der Waals surface area (Å²) < 4.78 is 0. The van der Waals surface area contributed by atoms with Gasteiger partial charge in [-0.3, -0.25) is 0 Å². The van der Waals surface area contributed by atoms with Crippen molar-refractivity contribution in [3.63, 3.8) is 0 Å². The van der Waals surface area contributed by atoms with Gasteiger partial charge in [0.2, 0.25) is 0 Å². The molecule has 0 amide bonds. The molecule has 3 N–H and O–H groups in total. The molecule has 0 unspecified atom stereocenters. The van der Waals surface area contributed by atoms with Gasteiger partial charge in [0.25, 0.3) is 0 Å². The summed E-state index contributed by atoms with van der Waals surface area (Å²) in [5, 5.41) is 2.30. The zero-order chi connectivity index (χ0) is 12.5. The molecule has 3 aromatic rings. The lowest BCUT2D eigenvalue weighted by atomic mass is 10.2. The molecule has 0 radical (unpaired) electrons. The topological polar surface area (TPSA) is 54.7 Å². The van der Waals surface area contributed by atoms with Crippen molar-refractivity contribution in [2.45, 2.75) is 13.3 Å². The Labute approximate surface area is 110 Å². The molecule has 0 saturated heterocycles. The van der Waals surface area contributed by atoms with Crippen LogP contribution < -0.4 is 5.73 Å². The molecular formula is C14H15N3S. The molecule has 0 spiro atoms. The second kappa shape index (κ2) is 4.55. The largest absolute Gasteiger partial charge is 0.360 e. The van der Waals surface area contributed by atoms with Crippen LogP contribution in [-0.2, 0) is 6.42 Å². The monoisotopic (exact) mass is 257 g/mol. The van der Waals surface area contributed by atoms with Crippen molar-refractivity contribution in [1.82, 2.24) is 9.97 Å². The Balaban J connectivity index is 2.11. The number of aromatic nitrogens is 2. The highest BCUT2D eigenvalue weighted by atomic mass is 32.1. The fourth-order valence-electron chi connectivity index (χ4n) is 2.16. The summed E-state index contributed by atoms with van der Waals surface area (Å²) in [6.07, 6.45) is 2.89. The Morgan fingerprint density at radius 3 is 3.00 bits per heavy atom. The highest BCUT2D eigenvalue weighted by Crippen LogP contribution is 2.32. The van der Waals surface area contributed by atoms with Crippen LogP contribution in [0.5, 0.6) is 0 Å². The fraction of sp³-hybridized carbons (Fsp3) is 0.214. The number of hydrogen-bond donors (Lipinski definition) is 2. The summed E-state index contributed by atoms with van der Waals surface area (Å²) in [5.41, 5.74) is 9.07. The molecule has 0 aliphatic rings. The summed E-state index contributed by atoms with van der Waals surface area (Å²) >= 11 is 1.74. The number of benzene rings is 1. The van der Waals surface area contributed by atoms with Crippen LogP contribution in [0.2, 0.25) is 0 Å². The van der Waals surface area contributed by atoms with Crippen LogP contribution in [-0.4, -0.2) is 16.5 Å². The molecule has 4 heteroatoms. The molecule has 18 heavy (non-hydrogen) atoms. The Bertz CT molecular complexity index is 681. The highest BCUT2D eigenvalue weighted by molar-refractivity contribution is 7.15. The second-order valence-electron chi connectivity index (χ2n) is 4.31. The average molecular weight is 257 g/mol. The van der Waals surface area contributed by atoms with Gasteiger partial charge in [0.1, 0.15) is 5.01 Å². The first-order chi connectivity index (χ1) is 8.79. The highest BCUT2D eigenvalue weighted by Gasteiger charge is 2.12. The summed E-state index contributed by atoms with van der Waals surface area (Å²) in [5.74, 6) is 0. The van der Waals surface area contributed by atoms with Gasteiger partial charge in [-0.05, 0) is 19.5 Å². The van der Waals surface area contributed by atoms with Crippen molar-refractivity contribution in [2.75, 3.05) is 6.54 Å². The van der Waals surface area contributed by atoms with Gasteiger partial charge in [-0.1, -0.05) is 18.2 Å². The predicted octanol–water partition coefficient (Wildman–Crippen LogP) is 3.10. The van der Waals surface area contributed by atoms with Gasteiger partial charge in [0.15, 0.2) is 0 Å². The molecule has 0 fully saturated rings. The molecule has 0 aliphatic heterocycles. The van der Waals surface area contributed by atoms with E-state index >= 15 is 0 Å². The van der Waals surface area contributed by atoms with E-state index in [4.69, 9.17) is 10.7 Å². The second-order valence-corrected chi connectivity index (χ2v) is 5.51. The number of nitrogens with two attached hydrogens (primary N) is 1. The van der Waals surface area contributed by atoms with Gasteiger partial charge in [-0.2, -0.15) is 0 Å². The number of aromatic amines is 1. The molecule has 0 aliphatic carbocycles. The predicted molar refractivity (Wildman–Crippen MR) is 76.9 cm³/mol. The maximum atomic E-state index is 5.61. The van der Waals surface area contributed by atoms with E-state index in [-0.39, 0.29) is 0 Å². The van der Waals surface area contributed by atoms with Crippen LogP contribution in [0, 0.1) is 6.92 Å². The third-order valence-corrected chi connectivity index (χ3v) is 4.14. The number of aryl methyl sites for hydroxylation is 1. The summed E-state index contributed by atoms with van der Waals surface area (Å²) in [7, 11) is 0. The summed E-state index contributed by atoms with van der Waals surface area (Å²) in [4.78, 5) is 9.26. The van der Waals surface area contributed by atoms with E-state index in [0.717, 1.165) is 22.6 Å². The summed E-state index contributed by atoms with van der Waals surface area (Å²) in [6.45, 7) is 2.76. The maximum absolute atomic E-state index is 5.61. The number of H-pyrrole nitrogens is 1. The number of nitrogens with one attached hydrogen (secondary N) is 1. The SMILES string of the molecule is Cc1sc(-c2c[nH]c3ccccc23)nc1CCN. The first-order valence-electron chi connectivity index (χ1n) is 6.02. The fourth-order valence-corrected chi connectivity index (χ4v) is 3.15. The Kier molecular flexibility index (Phi) is 2.89. The van der Waals surface area contributed by atoms with Gasteiger partial charge in [0, 0.05) is 34.0 Å². The number of fused-ring (bicyclic) bond motifs is 1. The van der Waals surface area contributed by atoms with Crippen LogP contribution in [0.15, 0.2) is 30.5 Å². The minimum Gasteiger partial charge on any atom is -0.360 e. The zero-order valence-electron chi connectivity index (χ0n) is 10.2. The maximum Gasteiger partial charge on any atom is 0.126 e. The third kappa shape index (κ3) is 1.83. The Morgan fingerprint density at radius 2 is 2.17 bits per heavy atom. The molecule has 0 bridgehead atoms. The zero-order valence-corrected chi connectivity index (χ0v) is 11.1. The minimum atomic E-state index is 0.651. The van der Waals surface area contributed by atoms with E-state index in [1.165, 1.54) is 15.8 Å². The van der Waals surface area contributed by atoms with Crippen molar-refractivity contribution in [2.24, 2.45) is 5.73 Å². The number of hydrogen-bond acceptors (Lipinski definition) is 3. The number of thiazole rings is 1. The van der Waals surface area contributed by atoms with Crippen molar-refractivity contribution < 1.29 is 0 Å². The average Bonchev–Trinajstić information content (AvgIpc) is 2.94. The third-order valence-electron chi connectivity index (χ3n) is 3.09. The molecule has 2 heterocycles. The smallest absolute Gasteiger partial charge is 0.126 e. The number of nitrogens with zero attached hydrogens (tertiary/aromatic N) is 1. The van der Waals surface area contributed by atoms with E-state index in [2.05, 4.69) is 30.1 Å². The van der Waals surface area contributed by atoms with Crippen LogP contribution >= 0.6 is 11.3 Å². The van der Waals surface area contributed by atoms with Crippen LogP contribution in [0.4, 0.5) is 0 Å². The van der Waals surface area contributed by atoms with Gasteiger partial charge < -0.3 is 10.7 Å². The van der Waals surface area contributed by atoms with E-state index in [0.29, 0.717) is 6.54 Å². The molecule has 3 rings (SSSR count). The van der Waals surface area contributed by atoms with Crippen molar-refractivity contribution >= 4 is 22.2 Å². The first kappa shape index (κ1) is 11.4. The molecule has 0 saturated carbocycles. The first-order valence-corrected chi connectivity index (χ1v) is 6.84. The van der Waals surface area contributed by atoms with Gasteiger partial charge in [0.05, 0.1) is 5.69 Å². The Morgan fingerprint density at radius 1 is 1.33 bits per heavy atom. The van der Waals surface area contributed by atoms with Gasteiger partial charge in [-0.25, -0.2) is 4.98 Å². The molecule has 2 aromatic heterocycles. The lowest BCUT2D eigenvalue weighted by Crippen LogP contribution is -2.03. The Hall–Kier alpha value is -1.65. The van der Waals surface area contributed by atoms with E-state index in [1.54, 1.807) is 11.3 Å². The molecule has 0 atom stereocenters. The van der Waals surface area contributed by atoms with Gasteiger partial charge in [-0.15, -0.1) is 11.3 Å². The van der Waals surface area contributed by atoms with Crippen molar-refractivity contribution in [3.8, 4) is 10.6 Å². The quantitative estimate of drug-likeness (QED) is 0.757. The van der Waals surface area contributed by atoms with Crippen LogP contribution in [0.1, 0.15) is 10.6 Å². The van der Waals surface area contributed by atoms with Crippen molar-refractivity contribution in [3.05, 3.63) is 41.0 Å². The van der Waals surface area contributed by atoms with Crippen molar-refractivity contribution in [1.29, 1.82) is 0 Å². The van der Waals surface area contributed by atoms with Crippen LogP contribution in [0.25, 0.3) is 21.5 Å². The molecule has 1 aromatic carbocycles. The van der Waals surface area contributed by atoms with E-state index in [1.807, 2.05) is 12.3 Å². The summed E-state index contributed by atoms with van der Waals surface area (Å²) in [6, 6.07) is 8.30. The minimum absolute atomic E-state index is 0.651. The molecular weight excluding hydrogens is 242 g/mol. The van der Waals surface area contributed by atoms with E-state index in [9.17, 15) is 0 Å². The molecule has 92 valence electrons. The standard InChI is InChI=1S/C14H15N3S/c1-9-12(6-7-15)17-14(18-9)11-8-16-13-5-3-2-4-10(11)13/h2-5,8,16H,6-7,15H2,1H3. The lowest BCUT2D eigenvalue weighted by Gasteiger charge is -1.93.